The number of rotatable bonds is 11. The average molecular weight is 319 g/mol. The molecule has 4 nitrogen and oxygen atoms in total. The molecule has 130 valence electrons. The van der Waals surface area contributed by atoms with E-state index >= 15 is 0 Å². The number of hydrogen-bond donors (Lipinski definition) is 2. The third-order valence-corrected chi connectivity index (χ3v) is 3.61. The van der Waals surface area contributed by atoms with Crippen molar-refractivity contribution in [3.05, 3.63) is 35.9 Å². The van der Waals surface area contributed by atoms with Gasteiger partial charge in [0.25, 0.3) is 0 Å². The number of guanidine groups is 1. The van der Waals surface area contributed by atoms with E-state index in [-0.39, 0.29) is 0 Å². The predicted molar refractivity (Wildman–Crippen MR) is 99.1 cm³/mol. The maximum absolute atomic E-state index is 5.35. The van der Waals surface area contributed by atoms with Gasteiger partial charge in [-0.15, -0.1) is 0 Å². The molecule has 0 aliphatic carbocycles. The number of benzene rings is 1. The van der Waals surface area contributed by atoms with Crippen LogP contribution in [0.1, 0.15) is 45.6 Å². The summed E-state index contributed by atoms with van der Waals surface area (Å²) in [5.41, 5.74) is 1.39. The van der Waals surface area contributed by atoms with Crippen LogP contribution in [0.5, 0.6) is 0 Å². The lowest BCUT2D eigenvalue weighted by molar-refractivity contribution is 0.144. The van der Waals surface area contributed by atoms with Crippen LogP contribution in [-0.2, 0) is 11.2 Å². The van der Waals surface area contributed by atoms with Crippen molar-refractivity contribution in [1.29, 1.82) is 0 Å². The molecule has 0 spiro atoms. The number of nitrogens with zero attached hydrogens (tertiary/aromatic N) is 1. The Bertz CT molecular complexity index is 420. The first-order valence-corrected chi connectivity index (χ1v) is 8.92. The fourth-order valence-electron chi connectivity index (χ4n) is 2.30. The third-order valence-electron chi connectivity index (χ3n) is 3.61. The molecule has 0 aromatic heterocycles. The highest BCUT2D eigenvalue weighted by Crippen LogP contribution is 2.04. The minimum absolute atomic E-state index is 0.399. The highest BCUT2D eigenvalue weighted by molar-refractivity contribution is 5.80. The van der Waals surface area contributed by atoms with Crippen LogP contribution >= 0.6 is 0 Å². The number of aryl methyl sites for hydroxylation is 1. The molecule has 0 aliphatic rings. The second kappa shape index (κ2) is 12.9. The number of ether oxygens (including phenoxy) is 1. The minimum Gasteiger partial charge on any atom is -0.382 e. The van der Waals surface area contributed by atoms with E-state index in [9.17, 15) is 0 Å². The Morgan fingerprint density at radius 2 is 1.96 bits per heavy atom. The summed E-state index contributed by atoms with van der Waals surface area (Å²) in [5.74, 6) is 0.921. The molecule has 0 bridgehead atoms. The SMILES string of the molecule is CCNC(=NCCCCOCC)NC(C)CCc1ccccc1. The van der Waals surface area contributed by atoms with Crippen LogP contribution in [0.4, 0.5) is 0 Å². The van der Waals surface area contributed by atoms with E-state index in [0.29, 0.717) is 6.04 Å². The molecule has 2 N–H and O–H groups in total. The fraction of sp³-hybridized carbons (Fsp3) is 0.632. The number of aliphatic imine (C=N–C) groups is 1. The molecule has 0 amide bonds. The summed E-state index contributed by atoms with van der Waals surface area (Å²) in [6, 6.07) is 11.0. The van der Waals surface area contributed by atoms with Gasteiger partial charge in [0.15, 0.2) is 5.96 Å². The van der Waals surface area contributed by atoms with E-state index in [4.69, 9.17) is 4.74 Å². The van der Waals surface area contributed by atoms with Gasteiger partial charge in [-0.2, -0.15) is 0 Å². The monoisotopic (exact) mass is 319 g/mol. The molecule has 1 rings (SSSR count). The number of unbranched alkanes of at least 4 members (excludes halogenated alkanes) is 1. The average Bonchev–Trinajstić information content (AvgIpc) is 2.57. The summed E-state index contributed by atoms with van der Waals surface area (Å²) in [7, 11) is 0. The van der Waals surface area contributed by atoms with Crippen LogP contribution in [0, 0.1) is 0 Å². The lowest BCUT2D eigenvalue weighted by Crippen LogP contribution is -2.42. The molecule has 0 aliphatic heterocycles. The Hall–Kier alpha value is -1.55. The van der Waals surface area contributed by atoms with Crippen molar-refractivity contribution < 1.29 is 4.74 Å². The van der Waals surface area contributed by atoms with E-state index in [2.05, 4.69) is 59.8 Å². The van der Waals surface area contributed by atoms with E-state index in [1.165, 1.54) is 5.56 Å². The van der Waals surface area contributed by atoms with Gasteiger partial charge in [0.2, 0.25) is 0 Å². The molecule has 1 aromatic carbocycles. The Labute approximate surface area is 141 Å². The predicted octanol–water partition coefficient (Wildman–Crippen LogP) is 3.38. The molecule has 0 saturated carbocycles. The van der Waals surface area contributed by atoms with E-state index in [0.717, 1.165) is 57.9 Å². The zero-order chi connectivity index (χ0) is 16.8. The summed E-state index contributed by atoms with van der Waals surface area (Å²) >= 11 is 0. The molecule has 1 atom stereocenters. The number of nitrogens with one attached hydrogen (secondary N) is 2. The van der Waals surface area contributed by atoms with E-state index in [1.807, 2.05) is 6.92 Å². The van der Waals surface area contributed by atoms with Gasteiger partial charge in [0.1, 0.15) is 0 Å². The van der Waals surface area contributed by atoms with Gasteiger partial charge in [-0.3, -0.25) is 4.99 Å². The first kappa shape index (κ1) is 19.5. The lowest BCUT2D eigenvalue weighted by atomic mass is 10.1. The normalized spacial score (nSPS) is 12.9. The molecule has 1 unspecified atom stereocenters. The van der Waals surface area contributed by atoms with Crippen LogP contribution in [-0.4, -0.2) is 38.3 Å². The van der Waals surface area contributed by atoms with Gasteiger partial charge < -0.3 is 15.4 Å². The quantitative estimate of drug-likeness (QED) is 0.373. The van der Waals surface area contributed by atoms with Crippen molar-refractivity contribution >= 4 is 5.96 Å². The maximum atomic E-state index is 5.35. The maximum Gasteiger partial charge on any atom is 0.191 e. The Kier molecular flexibility index (Phi) is 11.0. The second-order valence-corrected chi connectivity index (χ2v) is 5.73. The van der Waals surface area contributed by atoms with Gasteiger partial charge in [-0.25, -0.2) is 0 Å². The van der Waals surface area contributed by atoms with Crippen molar-refractivity contribution in [1.82, 2.24) is 10.6 Å². The fourth-order valence-corrected chi connectivity index (χ4v) is 2.30. The van der Waals surface area contributed by atoms with Crippen molar-refractivity contribution in [2.75, 3.05) is 26.3 Å². The lowest BCUT2D eigenvalue weighted by Gasteiger charge is -2.18. The Morgan fingerprint density at radius 1 is 1.17 bits per heavy atom. The van der Waals surface area contributed by atoms with Gasteiger partial charge in [-0.1, -0.05) is 30.3 Å². The molecule has 1 aromatic rings. The largest absolute Gasteiger partial charge is 0.382 e. The van der Waals surface area contributed by atoms with Gasteiger partial charge >= 0.3 is 0 Å². The molecule has 0 fully saturated rings. The molecule has 0 saturated heterocycles. The molecule has 0 heterocycles. The first-order valence-electron chi connectivity index (χ1n) is 8.92. The Morgan fingerprint density at radius 3 is 2.65 bits per heavy atom. The smallest absolute Gasteiger partial charge is 0.191 e. The summed E-state index contributed by atoms with van der Waals surface area (Å²) in [5, 5.41) is 6.82. The van der Waals surface area contributed by atoms with Crippen molar-refractivity contribution in [2.24, 2.45) is 4.99 Å². The van der Waals surface area contributed by atoms with Crippen LogP contribution in [0.25, 0.3) is 0 Å². The first-order chi connectivity index (χ1) is 11.3. The summed E-state index contributed by atoms with van der Waals surface area (Å²) in [4.78, 5) is 4.64. The van der Waals surface area contributed by atoms with Gasteiger partial charge in [0, 0.05) is 32.3 Å². The highest BCUT2D eigenvalue weighted by Gasteiger charge is 2.05. The topological polar surface area (TPSA) is 45.7 Å². The zero-order valence-corrected chi connectivity index (χ0v) is 15.0. The third kappa shape index (κ3) is 9.95. The molecule has 4 heteroatoms. The van der Waals surface area contributed by atoms with Gasteiger partial charge in [0.05, 0.1) is 0 Å². The molecular formula is C19H33N3O. The van der Waals surface area contributed by atoms with Crippen molar-refractivity contribution in [3.63, 3.8) is 0 Å². The van der Waals surface area contributed by atoms with Crippen LogP contribution in [0.15, 0.2) is 35.3 Å². The molecular weight excluding hydrogens is 286 g/mol. The number of hydrogen-bond acceptors (Lipinski definition) is 2. The summed E-state index contributed by atoms with van der Waals surface area (Å²) < 4.78 is 5.35. The Balaban J connectivity index is 2.29. The van der Waals surface area contributed by atoms with E-state index < -0.39 is 0 Å². The van der Waals surface area contributed by atoms with E-state index in [1.54, 1.807) is 0 Å². The van der Waals surface area contributed by atoms with Crippen LogP contribution in [0.2, 0.25) is 0 Å². The highest BCUT2D eigenvalue weighted by atomic mass is 16.5. The zero-order valence-electron chi connectivity index (χ0n) is 15.0. The molecule has 0 radical (unpaired) electrons. The van der Waals surface area contributed by atoms with Crippen molar-refractivity contribution in [2.45, 2.75) is 52.5 Å². The molecule has 23 heavy (non-hydrogen) atoms. The summed E-state index contributed by atoms with van der Waals surface area (Å²) in [6.45, 7) is 9.70. The van der Waals surface area contributed by atoms with Crippen LogP contribution < -0.4 is 10.6 Å². The van der Waals surface area contributed by atoms with Gasteiger partial charge in [-0.05, 0) is 52.0 Å². The summed E-state index contributed by atoms with van der Waals surface area (Å²) in [6.07, 6.45) is 4.32. The van der Waals surface area contributed by atoms with Crippen molar-refractivity contribution in [3.8, 4) is 0 Å². The second-order valence-electron chi connectivity index (χ2n) is 5.73. The van der Waals surface area contributed by atoms with Crippen LogP contribution in [0.3, 0.4) is 0 Å². The standard InChI is InChI=1S/C19H33N3O/c1-4-20-19(21-15-9-10-16-23-5-2)22-17(3)13-14-18-11-7-6-8-12-18/h6-8,11-12,17H,4-5,9-10,13-16H2,1-3H3,(H2,20,21,22). The minimum atomic E-state index is 0.399.